The third-order valence-electron chi connectivity index (χ3n) is 6.13. The standard InChI is InChI=1S/C28H23F6N3O2S/c1-17-7-11-21(12-8-17)35-36-26(28(32,33)34)24-16-25(19-9-13-23(14-10-19)40(3,38)39)37(18(24)2)22-6-4-5-20(15-22)27(29,30)31/h4-16,35H,1-3H3/b36-26+. The van der Waals surface area contributed by atoms with E-state index in [1.54, 1.807) is 24.3 Å². The van der Waals surface area contributed by atoms with E-state index in [0.29, 0.717) is 5.69 Å². The van der Waals surface area contributed by atoms with Crippen LogP contribution in [-0.2, 0) is 16.0 Å². The maximum absolute atomic E-state index is 14.3. The maximum atomic E-state index is 14.3. The van der Waals surface area contributed by atoms with E-state index in [2.05, 4.69) is 10.5 Å². The van der Waals surface area contributed by atoms with Gasteiger partial charge in [-0.25, -0.2) is 8.42 Å². The molecule has 40 heavy (non-hydrogen) atoms. The van der Waals surface area contributed by atoms with Gasteiger partial charge in [-0.05, 0) is 67.9 Å². The molecule has 12 heteroatoms. The fourth-order valence-electron chi connectivity index (χ4n) is 4.11. The molecular formula is C28H23F6N3O2S. The van der Waals surface area contributed by atoms with Crippen molar-refractivity contribution in [3.63, 3.8) is 0 Å². The molecule has 0 bridgehead atoms. The molecule has 0 aliphatic rings. The summed E-state index contributed by atoms with van der Waals surface area (Å²) in [4.78, 5) is -0.0230. The van der Waals surface area contributed by atoms with Crippen molar-refractivity contribution >= 4 is 21.2 Å². The third-order valence-corrected chi connectivity index (χ3v) is 7.26. The van der Waals surface area contributed by atoms with Crippen molar-refractivity contribution < 1.29 is 34.8 Å². The number of nitrogens with one attached hydrogen (secondary N) is 1. The Bertz CT molecular complexity index is 1670. The monoisotopic (exact) mass is 579 g/mol. The average molecular weight is 580 g/mol. The number of rotatable bonds is 6. The van der Waals surface area contributed by atoms with Crippen LogP contribution in [0, 0.1) is 13.8 Å². The van der Waals surface area contributed by atoms with Gasteiger partial charge in [0.15, 0.2) is 15.5 Å². The first-order valence-electron chi connectivity index (χ1n) is 11.7. The van der Waals surface area contributed by atoms with Crippen LogP contribution in [0.3, 0.4) is 0 Å². The van der Waals surface area contributed by atoms with E-state index in [-0.39, 0.29) is 33.1 Å². The van der Waals surface area contributed by atoms with E-state index in [1.165, 1.54) is 47.9 Å². The summed E-state index contributed by atoms with van der Waals surface area (Å²) in [6.07, 6.45) is -8.61. The first-order valence-corrected chi connectivity index (χ1v) is 13.6. The molecule has 0 fully saturated rings. The molecule has 0 saturated heterocycles. The number of sulfone groups is 1. The van der Waals surface area contributed by atoms with E-state index in [1.807, 2.05) is 6.92 Å². The number of hydrogen-bond donors (Lipinski definition) is 1. The molecule has 210 valence electrons. The number of alkyl halides is 6. The lowest BCUT2D eigenvalue weighted by Gasteiger charge is -2.16. The highest BCUT2D eigenvalue weighted by atomic mass is 32.2. The van der Waals surface area contributed by atoms with Gasteiger partial charge < -0.3 is 4.57 Å². The number of hydrogen-bond acceptors (Lipinski definition) is 4. The van der Waals surface area contributed by atoms with Crippen LogP contribution in [0.4, 0.5) is 32.0 Å². The van der Waals surface area contributed by atoms with Crippen molar-refractivity contribution in [1.29, 1.82) is 0 Å². The largest absolute Gasteiger partial charge is 0.435 e. The summed E-state index contributed by atoms with van der Waals surface area (Å²) in [7, 11) is -3.57. The van der Waals surface area contributed by atoms with Crippen LogP contribution in [0.1, 0.15) is 22.4 Å². The predicted molar refractivity (Wildman–Crippen MR) is 141 cm³/mol. The smallest absolute Gasteiger partial charge is 0.313 e. The number of aryl methyl sites for hydroxylation is 1. The summed E-state index contributed by atoms with van der Waals surface area (Å²) in [5.41, 5.74) is 1.31. The molecule has 1 aromatic heterocycles. The lowest BCUT2D eigenvalue weighted by molar-refractivity contribution is -0.137. The number of benzene rings is 3. The molecule has 1 heterocycles. The van der Waals surface area contributed by atoms with Crippen molar-refractivity contribution in [2.24, 2.45) is 5.10 Å². The van der Waals surface area contributed by atoms with Crippen LogP contribution in [-0.4, -0.2) is 31.1 Å². The number of anilines is 1. The zero-order chi connectivity index (χ0) is 29.5. The minimum atomic E-state index is -4.93. The summed E-state index contributed by atoms with van der Waals surface area (Å²) >= 11 is 0. The Morgan fingerprint density at radius 2 is 1.48 bits per heavy atom. The molecule has 0 aliphatic heterocycles. The Kier molecular flexibility index (Phi) is 7.59. The molecule has 4 aromatic rings. The topological polar surface area (TPSA) is 63.5 Å². The first kappa shape index (κ1) is 28.9. The quantitative estimate of drug-likeness (QED) is 0.146. The van der Waals surface area contributed by atoms with Crippen molar-refractivity contribution in [3.05, 3.63) is 101 Å². The Hall–Kier alpha value is -4.06. The first-order chi connectivity index (χ1) is 18.6. The number of aromatic nitrogens is 1. The van der Waals surface area contributed by atoms with Gasteiger partial charge in [-0.1, -0.05) is 35.9 Å². The molecule has 0 atom stereocenters. The highest BCUT2D eigenvalue weighted by molar-refractivity contribution is 7.90. The SMILES string of the molecule is Cc1ccc(N/N=C(\c2cc(-c3ccc(S(C)(=O)=O)cc3)n(-c3cccc(C(F)(F)F)c3)c2C)C(F)(F)F)cc1. The Morgan fingerprint density at radius 1 is 0.850 bits per heavy atom. The second kappa shape index (κ2) is 10.5. The molecule has 0 aliphatic carbocycles. The number of halogens is 6. The fraction of sp³-hybridized carbons (Fsp3) is 0.179. The minimum absolute atomic E-state index is 0.0230. The molecule has 0 radical (unpaired) electrons. The second-order valence-corrected chi connectivity index (χ2v) is 11.2. The van der Waals surface area contributed by atoms with Crippen LogP contribution in [0.25, 0.3) is 16.9 Å². The Balaban J connectivity index is 1.94. The van der Waals surface area contributed by atoms with Crippen molar-refractivity contribution in [2.45, 2.75) is 31.1 Å². The van der Waals surface area contributed by atoms with Crippen LogP contribution in [0.5, 0.6) is 0 Å². The van der Waals surface area contributed by atoms with Gasteiger partial charge in [-0.3, -0.25) is 5.43 Å². The maximum Gasteiger partial charge on any atom is 0.435 e. The molecule has 0 amide bonds. The molecule has 3 aromatic carbocycles. The molecule has 0 saturated carbocycles. The molecule has 0 spiro atoms. The van der Waals surface area contributed by atoms with E-state index < -0.39 is 33.5 Å². The summed E-state index contributed by atoms with van der Waals surface area (Å²) in [5, 5.41) is 3.64. The van der Waals surface area contributed by atoms with Crippen LogP contribution < -0.4 is 5.43 Å². The van der Waals surface area contributed by atoms with Gasteiger partial charge in [0.2, 0.25) is 0 Å². The van der Waals surface area contributed by atoms with Gasteiger partial charge in [0.05, 0.1) is 21.8 Å². The lowest BCUT2D eigenvalue weighted by atomic mass is 10.1. The van der Waals surface area contributed by atoms with Gasteiger partial charge in [0.25, 0.3) is 0 Å². The normalized spacial score (nSPS) is 13.0. The zero-order valence-electron chi connectivity index (χ0n) is 21.4. The fourth-order valence-corrected chi connectivity index (χ4v) is 4.74. The minimum Gasteiger partial charge on any atom is -0.313 e. The molecule has 0 unspecified atom stereocenters. The van der Waals surface area contributed by atoms with E-state index in [9.17, 15) is 34.8 Å². The molecule has 1 N–H and O–H groups in total. The second-order valence-electron chi connectivity index (χ2n) is 9.14. The molecular weight excluding hydrogens is 556 g/mol. The summed E-state index contributed by atoms with van der Waals surface area (Å²) in [6, 6.07) is 17.2. The van der Waals surface area contributed by atoms with Gasteiger partial charge in [-0.2, -0.15) is 31.4 Å². The Labute approximate surface area is 226 Å². The van der Waals surface area contributed by atoms with Crippen molar-refractivity contribution in [1.82, 2.24) is 4.57 Å². The van der Waals surface area contributed by atoms with E-state index >= 15 is 0 Å². The van der Waals surface area contributed by atoms with Gasteiger partial charge in [0.1, 0.15) is 0 Å². The van der Waals surface area contributed by atoms with Gasteiger partial charge in [0, 0.05) is 23.2 Å². The number of hydrazone groups is 1. The van der Waals surface area contributed by atoms with Crippen LogP contribution in [0.15, 0.2) is 88.9 Å². The third kappa shape index (κ3) is 6.22. The highest BCUT2D eigenvalue weighted by Gasteiger charge is 2.40. The highest BCUT2D eigenvalue weighted by Crippen LogP contribution is 2.36. The van der Waals surface area contributed by atoms with Gasteiger partial charge in [-0.15, -0.1) is 0 Å². The molecule has 4 rings (SSSR count). The van der Waals surface area contributed by atoms with E-state index in [4.69, 9.17) is 0 Å². The van der Waals surface area contributed by atoms with E-state index in [0.717, 1.165) is 30.0 Å². The average Bonchev–Trinajstić information content (AvgIpc) is 3.20. The van der Waals surface area contributed by atoms with Gasteiger partial charge >= 0.3 is 12.4 Å². The zero-order valence-corrected chi connectivity index (χ0v) is 22.2. The Morgan fingerprint density at radius 3 is 2.02 bits per heavy atom. The van der Waals surface area contributed by atoms with Crippen molar-refractivity contribution in [3.8, 4) is 16.9 Å². The van der Waals surface area contributed by atoms with Crippen LogP contribution in [0.2, 0.25) is 0 Å². The van der Waals surface area contributed by atoms with Crippen molar-refractivity contribution in [2.75, 3.05) is 11.7 Å². The number of nitrogens with zero attached hydrogens (tertiary/aromatic N) is 2. The predicted octanol–water partition coefficient (Wildman–Crippen LogP) is 7.56. The summed E-state index contributed by atoms with van der Waals surface area (Å²) in [6.45, 7) is 3.16. The van der Waals surface area contributed by atoms with Crippen LogP contribution >= 0.6 is 0 Å². The summed E-state index contributed by atoms with van der Waals surface area (Å²) in [5.74, 6) is 0. The lowest BCUT2D eigenvalue weighted by Crippen LogP contribution is -2.26. The summed E-state index contributed by atoms with van der Waals surface area (Å²) < 4.78 is 108. The molecule has 5 nitrogen and oxygen atoms in total.